The van der Waals surface area contributed by atoms with Gasteiger partial charge in [-0.05, 0) is 17.9 Å². The topological polar surface area (TPSA) is 95.9 Å². The van der Waals surface area contributed by atoms with Crippen molar-refractivity contribution < 1.29 is 0 Å². The molecule has 0 bridgehead atoms. The summed E-state index contributed by atoms with van der Waals surface area (Å²) in [6.45, 7) is 3.27. The second-order valence-electron chi connectivity index (χ2n) is 6.67. The first kappa shape index (κ1) is 17.5. The highest BCUT2D eigenvalue weighted by Crippen LogP contribution is 2.17. The molecule has 9 nitrogen and oxygen atoms in total. The molecule has 4 rings (SSSR count). The molecular weight excluding hydrogens is 342 g/mol. The number of hydrazine groups is 2. The minimum absolute atomic E-state index is 0.437. The van der Waals surface area contributed by atoms with Crippen LogP contribution in [0.15, 0.2) is 56.2 Å². The zero-order valence-electron chi connectivity index (χ0n) is 14.9. The van der Waals surface area contributed by atoms with Gasteiger partial charge < -0.3 is 0 Å². The van der Waals surface area contributed by atoms with Gasteiger partial charge in [0.25, 0.3) is 0 Å². The Bertz CT molecular complexity index is 697. The molecule has 0 atom stereocenters. The van der Waals surface area contributed by atoms with E-state index in [1.807, 2.05) is 37.2 Å². The zero-order chi connectivity index (χ0) is 18.3. The van der Waals surface area contributed by atoms with Crippen molar-refractivity contribution in [2.45, 2.75) is 19.5 Å². The van der Waals surface area contributed by atoms with E-state index in [9.17, 15) is 0 Å². The fraction of sp³-hybridized carbons (Fsp3) is 0.333. The van der Waals surface area contributed by atoms with E-state index in [1.165, 1.54) is 0 Å². The lowest BCUT2D eigenvalue weighted by atomic mass is 9.99. The molecule has 27 heavy (non-hydrogen) atoms. The van der Waals surface area contributed by atoms with Crippen molar-refractivity contribution in [3.05, 3.63) is 72.9 Å². The molecule has 0 aromatic carbocycles. The molecule has 0 unspecified atom stereocenters. The number of nitrogens with zero attached hydrogens (tertiary/aromatic N) is 8. The predicted molar refractivity (Wildman–Crippen MR) is 97.2 cm³/mol. The van der Waals surface area contributed by atoms with Gasteiger partial charge in [0.1, 0.15) is 19.0 Å². The molecule has 0 spiro atoms. The summed E-state index contributed by atoms with van der Waals surface area (Å²) in [5, 5.41) is 4.39. The van der Waals surface area contributed by atoms with Crippen molar-refractivity contribution in [3.8, 4) is 0 Å². The van der Waals surface area contributed by atoms with Crippen molar-refractivity contribution in [1.82, 2.24) is 45.5 Å². The van der Waals surface area contributed by atoms with Crippen LogP contribution in [0.3, 0.4) is 0 Å². The first-order valence-electron chi connectivity index (χ1n) is 8.83. The van der Waals surface area contributed by atoms with Crippen molar-refractivity contribution in [1.29, 1.82) is 0 Å². The Hall–Kier alpha value is -2.88. The molecule has 1 aliphatic rings. The summed E-state index contributed by atoms with van der Waals surface area (Å²) in [7, 11) is 0. The van der Waals surface area contributed by atoms with Gasteiger partial charge in [-0.1, -0.05) is 0 Å². The monoisotopic (exact) mass is 363 g/mol. The molecule has 0 radical (unpaired) electrons. The Kier molecular flexibility index (Phi) is 5.63. The number of hydrogen-bond acceptors (Lipinski definition) is 9. The largest absolute Gasteiger partial charge is 0.245 e. The third kappa shape index (κ3) is 5.07. The third-order valence-electron chi connectivity index (χ3n) is 4.35. The zero-order valence-corrected chi connectivity index (χ0v) is 14.9. The SMILES string of the molecule is c1ncc(CC2CN(Cc3cncnc3)NN(Cc3cncnc3)C2)cn1. The summed E-state index contributed by atoms with van der Waals surface area (Å²) < 4.78 is 0. The van der Waals surface area contributed by atoms with Crippen LogP contribution in [0, 0.1) is 5.92 Å². The lowest BCUT2D eigenvalue weighted by Gasteiger charge is -2.40. The summed E-state index contributed by atoms with van der Waals surface area (Å²) in [6, 6.07) is 0. The van der Waals surface area contributed by atoms with E-state index < -0.39 is 0 Å². The van der Waals surface area contributed by atoms with Gasteiger partial charge in [-0.15, -0.1) is 0 Å². The third-order valence-corrected chi connectivity index (χ3v) is 4.35. The number of nitrogens with one attached hydrogen (secondary N) is 1. The average Bonchev–Trinajstić information content (AvgIpc) is 2.70. The van der Waals surface area contributed by atoms with Crippen LogP contribution in [-0.4, -0.2) is 53.0 Å². The van der Waals surface area contributed by atoms with Crippen molar-refractivity contribution in [3.63, 3.8) is 0 Å². The minimum Gasteiger partial charge on any atom is -0.245 e. The molecular formula is C18H21N9. The van der Waals surface area contributed by atoms with Crippen LogP contribution in [0.2, 0.25) is 0 Å². The Morgan fingerprint density at radius 2 is 1.07 bits per heavy atom. The summed E-state index contributed by atoms with van der Waals surface area (Å²) in [6.07, 6.45) is 16.7. The van der Waals surface area contributed by atoms with Gasteiger partial charge in [-0.3, -0.25) is 0 Å². The van der Waals surface area contributed by atoms with Gasteiger partial charge in [0.05, 0.1) is 0 Å². The van der Waals surface area contributed by atoms with E-state index in [0.29, 0.717) is 5.92 Å². The van der Waals surface area contributed by atoms with Crippen LogP contribution in [0.25, 0.3) is 0 Å². The molecule has 1 fully saturated rings. The molecule has 3 aromatic rings. The molecule has 4 heterocycles. The fourth-order valence-electron chi connectivity index (χ4n) is 3.32. The van der Waals surface area contributed by atoms with Crippen LogP contribution in [0.4, 0.5) is 0 Å². The van der Waals surface area contributed by atoms with Gasteiger partial charge in [0.15, 0.2) is 0 Å². The first-order valence-corrected chi connectivity index (χ1v) is 8.83. The van der Waals surface area contributed by atoms with Crippen LogP contribution < -0.4 is 5.53 Å². The number of hydrogen-bond donors (Lipinski definition) is 1. The predicted octanol–water partition coefficient (Wildman–Crippen LogP) is 0.653. The summed E-state index contributed by atoms with van der Waals surface area (Å²) in [5.74, 6) is 0.437. The highest BCUT2D eigenvalue weighted by molar-refractivity contribution is 5.06. The molecule has 1 saturated heterocycles. The lowest BCUT2D eigenvalue weighted by Crippen LogP contribution is -2.58. The van der Waals surface area contributed by atoms with Gasteiger partial charge in [0.2, 0.25) is 0 Å². The summed E-state index contributed by atoms with van der Waals surface area (Å²) >= 11 is 0. The van der Waals surface area contributed by atoms with E-state index >= 15 is 0 Å². The molecule has 3 aromatic heterocycles. The second-order valence-corrected chi connectivity index (χ2v) is 6.67. The maximum Gasteiger partial charge on any atom is 0.115 e. The fourth-order valence-corrected chi connectivity index (χ4v) is 3.32. The Morgan fingerprint density at radius 1 is 0.667 bits per heavy atom. The van der Waals surface area contributed by atoms with E-state index in [0.717, 1.165) is 49.3 Å². The van der Waals surface area contributed by atoms with Crippen LogP contribution >= 0.6 is 0 Å². The van der Waals surface area contributed by atoms with Crippen LogP contribution in [0.1, 0.15) is 16.7 Å². The van der Waals surface area contributed by atoms with Crippen LogP contribution in [0.5, 0.6) is 0 Å². The van der Waals surface area contributed by atoms with Gasteiger partial charge in [0, 0.05) is 74.5 Å². The van der Waals surface area contributed by atoms with Crippen molar-refractivity contribution in [2.75, 3.05) is 13.1 Å². The Labute approximate surface area is 157 Å². The van der Waals surface area contributed by atoms with Crippen molar-refractivity contribution >= 4 is 0 Å². The van der Waals surface area contributed by atoms with E-state index in [1.54, 1.807) is 19.0 Å². The standard InChI is InChI=1S/C18H21N9/c1(15-2-19-12-20-3-15)16-8-26(10-17-4-21-13-22-5-17)25-27(9-16)11-18-6-23-14-24-7-18/h2-7,12-14,16,25H,1,8-11H2. The highest BCUT2D eigenvalue weighted by atomic mass is 15.8. The minimum atomic E-state index is 0.437. The Morgan fingerprint density at radius 3 is 1.52 bits per heavy atom. The van der Waals surface area contributed by atoms with E-state index in [-0.39, 0.29) is 0 Å². The summed E-state index contributed by atoms with van der Waals surface area (Å²) in [4.78, 5) is 24.7. The van der Waals surface area contributed by atoms with Gasteiger partial charge in [-0.25, -0.2) is 39.9 Å². The smallest absolute Gasteiger partial charge is 0.115 e. The molecule has 0 saturated carbocycles. The first-order chi connectivity index (χ1) is 13.3. The number of rotatable bonds is 6. The van der Waals surface area contributed by atoms with Crippen molar-refractivity contribution in [2.24, 2.45) is 5.92 Å². The molecule has 1 aliphatic heterocycles. The molecule has 1 N–H and O–H groups in total. The number of aromatic nitrogens is 6. The maximum absolute atomic E-state index is 4.14. The second kappa shape index (κ2) is 8.67. The molecule has 9 heteroatoms. The quantitative estimate of drug-likeness (QED) is 0.677. The Balaban J connectivity index is 1.47. The average molecular weight is 363 g/mol. The molecule has 0 aliphatic carbocycles. The van der Waals surface area contributed by atoms with Gasteiger partial charge >= 0.3 is 0 Å². The van der Waals surface area contributed by atoms with Gasteiger partial charge in [-0.2, -0.15) is 5.53 Å². The lowest BCUT2D eigenvalue weighted by molar-refractivity contribution is -0.0542. The van der Waals surface area contributed by atoms with E-state index in [4.69, 9.17) is 0 Å². The molecule has 138 valence electrons. The van der Waals surface area contributed by atoms with E-state index in [2.05, 4.69) is 45.5 Å². The van der Waals surface area contributed by atoms with Crippen LogP contribution in [-0.2, 0) is 19.5 Å². The molecule has 0 amide bonds. The summed E-state index contributed by atoms with van der Waals surface area (Å²) in [5.41, 5.74) is 6.77. The maximum atomic E-state index is 4.14. The highest BCUT2D eigenvalue weighted by Gasteiger charge is 2.26. The normalized spacial score (nSPS) is 16.4.